The lowest BCUT2D eigenvalue weighted by Crippen LogP contribution is -2.33. The normalized spacial score (nSPS) is 19.7. The smallest absolute Gasteiger partial charge is 0.352 e. The molecule has 1 amide bonds. The van der Waals surface area contributed by atoms with Crippen LogP contribution in [0.3, 0.4) is 0 Å². The summed E-state index contributed by atoms with van der Waals surface area (Å²) in [5.41, 5.74) is -1.78. The van der Waals surface area contributed by atoms with Gasteiger partial charge in [0.15, 0.2) is 5.69 Å². The molecule has 1 atom stereocenters. The van der Waals surface area contributed by atoms with E-state index in [0.717, 1.165) is 18.5 Å². The minimum atomic E-state index is -4.71. The van der Waals surface area contributed by atoms with Gasteiger partial charge in [-0.15, -0.1) is 0 Å². The van der Waals surface area contributed by atoms with Gasteiger partial charge in [-0.05, 0) is 24.5 Å². The van der Waals surface area contributed by atoms with E-state index in [-0.39, 0.29) is 19.0 Å². The number of aromatic nitrogens is 1. The highest BCUT2D eigenvalue weighted by molar-refractivity contribution is 7.88. The Hall–Kier alpha value is -1.68. The summed E-state index contributed by atoms with van der Waals surface area (Å²) in [6, 6.07) is 2.31. The van der Waals surface area contributed by atoms with Crippen LogP contribution in [0.5, 0.6) is 0 Å². The molecule has 1 saturated heterocycles. The van der Waals surface area contributed by atoms with Gasteiger partial charge < -0.3 is 5.32 Å². The number of rotatable bonds is 4. The predicted molar refractivity (Wildman–Crippen MR) is 76.1 cm³/mol. The second kappa shape index (κ2) is 6.44. The first kappa shape index (κ1) is 17.7. The number of halogens is 3. The zero-order valence-corrected chi connectivity index (χ0v) is 13.1. The Morgan fingerprint density at radius 3 is 2.74 bits per heavy atom. The number of sulfonamides is 1. The molecule has 6 nitrogen and oxygen atoms in total. The summed E-state index contributed by atoms with van der Waals surface area (Å²) in [5.74, 6) is -0.997. The second-order valence-electron chi connectivity index (χ2n) is 5.38. The van der Waals surface area contributed by atoms with E-state index < -0.39 is 33.4 Å². The van der Waals surface area contributed by atoms with Gasteiger partial charge in [-0.3, -0.25) is 9.78 Å². The molecular weight excluding hydrogens is 335 g/mol. The summed E-state index contributed by atoms with van der Waals surface area (Å²) in [6.45, 7) is 0.704. The van der Waals surface area contributed by atoms with Crippen molar-refractivity contribution in [2.75, 3.05) is 25.9 Å². The Balaban J connectivity index is 1.99. The highest BCUT2D eigenvalue weighted by Gasteiger charge is 2.37. The first-order valence-corrected chi connectivity index (χ1v) is 8.69. The van der Waals surface area contributed by atoms with E-state index in [1.54, 1.807) is 0 Å². The third-order valence-electron chi connectivity index (χ3n) is 3.59. The molecule has 0 radical (unpaired) electrons. The number of carbonyl (C=O) groups excluding carboxylic acids is 1. The number of hydrogen-bond donors (Lipinski definition) is 1. The van der Waals surface area contributed by atoms with Crippen molar-refractivity contribution in [1.82, 2.24) is 14.6 Å². The first-order chi connectivity index (χ1) is 10.6. The summed E-state index contributed by atoms with van der Waals surface area (Å²) < 4.78 is 62.5. The molecule has 1 aromatic heterocycles. The molecule has 1 aromatic rings. The van der Waals surface area contributed by atoms with E-state index in [4.69, 9.17) is 0 Å². The van der Waals surface area contributed by atoms with Crippen LogP contribution >= 0.6 is 0 Å². The third kappa shape index (κ3) is 4.41. The molecule has 0 bridgehead atoms. The number of hydrogen-bond acceptors (Lipinski definition) is 4. The van der Waals surface area contributed by atoms with Gasteiger partial charge >= 0.3 is 6.18 Å². The fraction of sp³-hybridized carbons (Fsp3) is 0.538. The van der Waals surface area contributed by atoms with Gasteiger partial charge in [0.1, 0.15) is 0 Å². The van der Waals surface area contributed by atoms with Crippen molar-refractivity contribution in [2.24, 2.45) is 5.92 Å². The molecule has 1 fully saturated rings. The molecule has 2 heterocycles. The number of pyridine rings is 1. The van der Waals surface area contributed by atoms with Gasteiger partial charge in [-0.2, -0.15) is 13.2 Å². The summed E-state index contributed by atoms with van der Waals surface area (Å²) in [4.78, 5) is 15.2. The number of nitrogens with one attached hydrogen (secondary N) is 1. The van der Waals surface area contributed by atoms with Crippen LogP contribution in [-0.4, -0.2) is 49.5 Å². The van der Waals surface area contributed by atoms with Gasteiger partial charge in [0.2, 0.25) is 10.0 Å². The molecule has 1 aliphatic rings. The first-order valence-electron chi connectivity index (χ1n) is 6.84. The standard InChI is InChI=1S/C13H16F3N3O3S/c1-23(21,22)19-6-4-9(8-19)7-18-12(20)10-3-2-5-17-11(10)13(14,15)16/h2-3,5,9H,4,6-8H2,1H3,(H,18,20). The Labute approximate surface area is 131 Å². The van der Waals surface area contributed by atoms with Crippen LogP contribution in [-0.2, 0) is 16.2 Å². The van der Waals surface area contributed by atoms with Crippen LogP contribution < -0.4 is 5.32 Å². The van der Waals surface area contributed by atoms with Crippen LogP contribution in [0.25, 0.3) is 0 Å². The minimum Gasteiger partial charge on any atom is -0.352 e. The van der Waals surface area contributed by atoms with Crippen molar-refractivity contribution in [1.29, 1.82) is 0 Å². The molecule has 10 heteroatoms. The molecule has 2 rings (SSSR count). The number of amides is 1. The number of carbonyl (C=O) groups is 1. The Morgan fingerprint density at radius 2 is 2.17 bits per heavy atom. The van der Waals surface area contributed by atoms with E-state index in [2.05, 4.69) is 10.3 Å². The Bertz CT molecular complexity index is 691. The molecule has 1 unspecified atom stereocenters. The zero-order chi connectivity index (χ0) is 17.3. The van der Waals surface area contributed by atoms with E-state index in [1.807, 2.05) is 0 Å². The monoisotopic (exact) mass is 351 g/mol. The van der Waals surface area contributed by atoms with Crippen molar-refractivity contribution in [2.45, 2.75) is 12.6 Å². The molecule has 0 aliphatic carbocycles. The SMILES string of the molecule is CS(=O)(=O)N1CCC(CNC(=O)c2cccnc2C(F)(F)F)C1. The van der Waals surface area contributed by atoms with Crippen molar-refractivity contribution in [3.8, 4) is 0 Å². The van der Waals surface area contributed by atoms with Gasteiger partial charge in [0.05, 0.1) is 11.8 Å². The topological polar surface area (TPSA) is 79.4 Å². The van der Waals surface area contributed by atoms with Crippen molar-refractivity contribution in [3.63, 3.8) is 0 Å². The molecule has 128 valence electrons. The van der Waals surface area contributed by atoms with E-state index >= 15 is 0 Å². The quantitative estimate of drug-likeness (QED) is 0.881. The molecule has 0 saturated carbocycles. The number of alkyl halides is 3. The summed E-state index contributed by atoms with van der Waals surface area (Å²) in [5, 5.41) is 2.42. The van der Waals surface area contributed by atoms with Gasteiger partial charge in [0.25, 0.3) is 5.91 Å². The molecule has 0 spiro atoms. The summed E-state index contributed by atoms with van der Waals surface area (Å²) in [6.07, 6.45) is -2.10. The molecule has 0 aromatic carbocycles. The van der Waals surface area contributed by atoms with Crippen LogP contribution in [0.15, 0.2) is 18.3 Å². The number of nitrogens with zero attached hydrogens (tertiary/aromatic N) is 2. The second-order valence-corrected chi connectivity index (χ2v) is 7.37. The highest BCUT2D eigenvalue weighted by atomic mass is 32.2. The van der Waals surface area contributed by atoms with Crippen molar-refractivity contribution in [3.05, 3.63) is 29.6 Å². The third-order valence-corrected chi connectivity index (χ3v) is 4.86. The van der Waals surface area contributed by atoms with Gasteiger partial charge in [0, 0.05) is 25.8 Å². The molecular formula is C13H16F3N3O3S. The van der Waals surface area contributed by atoms with Crippen molar-refractivity contribution < 1.29 is 26.4 Å². The maximum Gasteiger partial charge on any atom is 0.434 e. The largest absolute Gasteiger partial charge is 0.434 e. The Morgan fingerprint density at radius 1 is 1.48 bits per heavy atom. The lowest BCUT2D eigenvalue weighted by molar-refractivity contribution is -0.141. The molecule has 1 N–H and O–H groups in total. The maximum atomic E-state index is 12.8. The zero-order valence-electron chi connectivity index (χ0n) is 12.3. The average Bonchev–Trinajstić information content (AvgIpc) is 2.93. The van der Waals surface area contributed by atoms with E-state index in [0.29, 0.717) is 13.0 Å². The van der Waals surface area contributed by atoms with Crippen LogP contribution in [0.2, 0.25) is 0 Å². The van der Waals surface area contributed by atoms with Gasteiger partial charge in [-0.1, -0.05) is 0 Å². The molecule has 1 aliphatic heterocycles. The van der Waals surface area contributed by atoms with E-state index in [9.17, 15) is 26.4 Å². The average molecular weight is 351 g/mol. The van der Waals surface area contributed by atoms with Crippen LogP contribution in [0.4, 0.5) is 13.2 Å². The lowest BCUT2D eigenvalue weighted by atomic mass is 10.1. The van der Waals surface area contributed by atoms with Crippen molar-refractivity contribution >= 4 is 15.9 Å². The molecule has 23 heavy (non-hydrogen) atoms. The summed E-state index contributed by atoms with van der Waals surface area (Å²) >= 11 is 0. The van der Waals surface area contributed by atoms with Crippen LogP contribution in [0, 0.1) is 5.92 Å². The fourth-order valence-corrected chi connectivity index (χ4v) is 3.33. The van der Waals surface area contributed by atoms with E-state index in [1.165, 1.54) is 10.4 Å². The minimum absolute atomic E-state index is 0.108. The highest BCUT2D eigenvalue weighted by Crippen LogP contribution is 2.30. The predicted octanol–water partition coefficient (Wildman–Crippen LogP) is 1.11. The summed E-state index contributed by atoms with van der Waals surface area (Å²) in [7, 11) is -3.29. The maximum absolute atomic E-state index is 12.8. The van der Waals surface area contributed by atoms with Crippen LogP contribution in [0.1, 0.15) is 22.5 Å². The Kier molecular flexibility index (Phi) is 4.95. The fourth-order valence-electron chi connectivity index (χ4n) is 2.41. The lowest BCUT2D eigenvalue weighted by Gasteiger charge is -2.15. The van der Waals surface area contributed by atoms with Gasteiger partial charge in [-0.25, -0.2) is 12.7 Å².